The van der Waals surface area contributed by atoms with Crippen molar-refractivity contribution in [3.8, 4) is 5.75 Å². The van der Waals surface area contributed by atoms with E-state index in [2.05, 4.69) is 28.1 Å². The highest BCUT2D eigenvalue weighted by Crippen LogP contribution is 2.31. The number of rotatable bonds is 10. The molecule has 0 saturated carbocycles. The maximum Gasteiger partial charge on any atom is 0.200 e. The second-order valence-corrected chi connectivity index (χ2v) is 8.54. The fourth-order valence-electron chi connectivity index (χ4n) is 3.49. The molecule has 0 N–H and O–H groups in total. The van der Waals surface area contributed by atoms with E-state index in [1.165, 1.54) is 0 Å². The summed E-state index contributed by atoms with van der Waals surface area (Å²) in [5, 5.41) is 0.878. The molecular formula is C25H32NO3+. The van der Waals surface area contributed by atoms with Crippen molar-refractivity contribution in [3.63, 3.8) is 0 Å². The van der Waals surface area contributed by atoms with Crippen molar-refractivity contribution in [1.82, 2.24) is 0 Å². The molecule has 0 bridgehead atoms. The molecule has 29 heavy (non-hydrogen) atoms. The van der Waals surface area contributed by atoms with Gasteiger partial charge in [-0.2, -0.15) is 0 Å². The Morgan fingerprint density at radius 3 is 2.48 bits per heavy atom. The van der Waals surface area contributed by atoms with Crippen molar-refractivity contribution in [2.45, 2.75) is 32.6 Å². The first-order valence-corrected chi connectivity index (χ1v) is 10.5. The van der Waals surface area contributed by atoms with Crippen molar-refractivity contribution >= 4 is 16.8 Å². The highest BCUT2D eigenvalue weighted by Gasteiger charge is 2.24. The number of fused-ring (bicyclic) bond motifs is 1. The van der Waals surface area contributed by atoms with Gasteiger partial charge in [0.1, 0.15) is 17.1 Å². The Labute approximate surface area is 173 Å². The zero-order valence-electron chi connectivity index (χ0n) is 18.0. The summed E-state index contributed by atoms with van der Waals surface area (Å²) < 4.78 is 13.0. The van der Waals surface area contributed by atoms with Gasteiger partial charge >= 0.3 is 0 Å². The minimum Gasteiger partial charge on any atom is -0.493 e. The fraction of sp³-hybridized carbons (Fsp3) is 0.400. The molecule has 0 unspecified atom stereocenters. The Balaban J connectivity index is 1.89. The van der Waals surface area contributed by atoms with Crippen LogP contribution in [0.5, 0.6) is 5.75 Å². The van der Waals surface area contributed by atoms with Gasteiger partial charge in [0.2, 0.25) is 5.78 Å². The standard InChI is InChI=1S/C25H32NO3/c1-5-6-14-23-24(19-12-7-10-16-22(19)29-23)25(27)20-13-8-9-15-21(20)28-18-11-17-26(2,3)4/h7-10,12-13,15-16H,5-6,11,14,17-18H2,1-4H3/q+1. The lowest BCUT2D eigenvalue weighted by molar-refractivity contribution is -0.870. The highest BCUT2D eigenvalue weighted by atomic mass is 16.5. The number of ketones is 1. The molecular weight excluding hydrogens is 362 g/mol. The summed E-state index contributed by atoms with van der Waals surface area (Å²) >= 11 is 0. The smallest absolute Gasteiger partial charge is 0.200 e. The van der Waals surface area contributed by atoms with Crippen molar-refractivity contribution in [3.05, 3.63) is 65.4 Å². The van der Waals surface area contributed by atoms with Crippen molar-refractivity contribution in [1.29, 1.82) is 0 Å². The average molecular weight is 395 g/mol. The number of furan rings is 1. The number of quaternary nitrogens is 1. The number of carbonyl (C=O) groups is 1. The van der Waals surface area contributed by atoms with Gasteiger partial charge in [0.15, 0.2) is 0 Å². The maximum absolute atomic E-state index is 13.6. The Morgan fingerprint density at radius 1 is 1.00 bits per heavy atom. The van der Waals surface area contributed by atoms with Gasteiger partial charge in [-0.25, -0.2) is 0 Å². The first kappa shape index (κ1) is 21.1. The van der Waals surface area contributed by atoms with Crippen LogP contribution in [-0.4, -0.2) is 44.6 Å². The van der Waals surface area contributed by atoms with E-state index >= 15 is 0 Å². The number of para-hydroxylation sites is 2. The summed E-state index contributed by atoms with van der Waals surface area (Å²) in [5.74, 6) is 1.40. The molecule has 0 amide bonds. The molecule has 2 aromatic carbocycles. The van der Waals surface area contributed by atoms with Crippen LogP contribution in [0.4, 0.5) is 0 Å². The molecule has 3 aromatic rings. The number of aryl methyl sites for hydroxylation is 1. The molecule has 154 valence electrons. The molecule has 0 radical (unpaired) electrons. The van der Waals surface area contributed by atoms with Crippen LogP contribution in [0.1, 0.15) is 47.9 Å². The van der Waals surface area contributed by atoms with Crippen LogP contribution in [0.3, 0.4) is 0 Å². The number of carbonyl (C=O) groups excluding carboxylic acids is 1. The fourth-order valence-corrected chi connectivity index (χ4v) is 3.49. The Kier molecular flexibility index (Phi) is 6.75. The second kappa shape index (κ2) is 9.27. The summed E-state index contributed by atoms with van der Waals surface area (Å²) in [4.78, 5) is 13.6. The van der Waals surface area contributed by atoms with Crippen LogP contribution in [0, 0.1) is 0 Å². The van der Waals surface area contributed by atoms with Crippen molar-refractivity contribution in [2.75, 3.05) is 34.3 Å². The summed E-state index contributed by atoms with van der Waals surface area (Å²) in [5.41, 5.74) is 2.04. The molecule has 3 rings (SSSR count). The van der Waals surface area contributed by atoms with E-state index in [0.29, 0.717) is 23.5 Å². The van der Waals surface area contributed by atoms with Gasteiger partial charge in [-0.15, -0.1) is 0 Å². The van der Waals surface area contributed by atoms with Crippen LogP contribution in [0.15, 0.2) is 52.9 Å². The largest absolute Gasteiger partial charge is 0.493 e. The van der Waals surface area contributed by atoms with Crippen LogP contribution < -0.4 is 4.74 Å². The Morgan fingerprint density at radius 2 is 1.72 bits per heavy atom. The molecule has 0 aliphatic heterocycles. The molecule has 4 heteroatoms. The van der Waals surface area contributed by atoms with Gasteiger partial charge in [-0.05, 0) is 24.6 Å². The lowest BCUT2D eigenvalue weighted by Gasteiger charge is -2.23. The number of benzene rings is 2. The van der Waals surface area contributed by atoms with Gasteiger partial charge in [-0.3, -0.25) is 4.79 Å². The molecule has 1 aromatic heterocycles. The topological polar surface area (TPSA) is 39.4 Å². The molecule has 0 saturated heterocycles. The molecule has 1 heterocycles. The third-order valence-corrected chi connectivity index (χ3v) is 5.02. The summed E-state index contributed by atoms with van der Waals surface area (Å²) in [6, 6.07) is 15.3. The molecule has 0 aliphatic rings. The van der Waals surface area contributed by atoms with Gasteiger partial charge in [-0.1, -0.05) is 43.7 Å². The first-order chi connectivity index (χ1) is 13.9. The number of hydrogen-bond donors (Lipinski definition) is 0. The number of hydrogen-bond acceptors (Lipinski definition) is 3. The van der Waals surface area contributed by atoms with Crippen molar-refractivity contribution < 1.29 is 18.4 Å². The predicted octanol–water partition coefficient (Wildman–Crippen LogP) is 5.48. The quantitative estimate of drug-likeness (QED) is 0.260. The zero-order valence-corrected chi connectivity index (χ0v) is 18.0. The maximum atomic E-state index is 13.6. The van der Waals surface area contributed by atoms with Gasteiger partial charge < -0.3 is 13.6 Å². The van der Waals surface area contributed by atoms with E-state index in [1.807, 2.05) is 48.5 Å². The normalized spacial score (nSPS) is 11.7. The van der Waals surface area contributed by atoms with Gasteiger partial charge in [0.05, 0.1) is 45.4 Å². The van der Waals surface area contributed by atoms with E-state index in [-0.39, 0.29) is 5.78 Å². The van der Waals surface area contributed by atoms with Crippen molar-refractivity contribution in [2.24, 2.45) is 0 Å². The minimum atomic E-state index is -0.0248. The molecule has 0 aliphatic carbocycles. The zero-order chi connectivity index (χ0) is 20.9. The van der Waals surface area contributed by atoms with Crippen LogP contribution in [-0.2, 0) is 6.42 Å². The van der Waals surface area contributed by atoms with E-state index in [1.54, 1.807) is 0 Å². The minimum absolute atomic E-state index is 0.0248. The second-order valence-electron chi connectivity index (χ2n) is 8.54. The first-order valence-electron chi connectivity index (χ1n) is 10.5. The van der Waals surface area contributed by atoms with E-state index < -0.39 is 0 Å². The average Bonchev–Trinajstić information content (AvgIpc) is 3.07. The molecule has 0 spiro atoms. The Hall–Kier alpha value is -2.59. The predicted molar refractivity (Wildman–Crippen MR) is 118 cm³/mol. The Bertz CT molecular complexity index is 966. The van der Waals surface area contributed by atoms with Gasteiger partial charge in [0, 0.05) is 18.2 Å². The monoisotopic (exact) mass is 394 g/mol. The number of nitrogens with zero attached hydrogens (tertiary/aromatic N) is 1. The van der Waals surface area contributed by atoms with Crippen LogP contribution in [0.2, 0.25) is 0 Å². The lowest BCUT2D eigenvalue weighted by Crippen LogP contribution is -2.36. The summed E-state index contributed by atoms with van der Waals surface area (Å²) in [7, 11) is 6.50. The molecule has 4 nitrogen and oxygen atoms in total. The van der Waals surface area contributed by atoms with E-state index in [4.69, 9.17) is 9.15 Å². The number of ether oxygens (including phenoxy) is 1. The SMILES string of the molecule is CCCCc1oc2ccccc2c1C(=O)c1ccccc1OCCC[N+](C)(C)C. The third kappa shape index (κ3) is 5.27. The summed E-state index contributed by atoms with van der Waals surface area (Å²) in [6.07, 6.45) is 3.74. The highest BCUT2D eigenvalue weighted by molar-refractivity contribution is 6.18. The molecule has 0 fully saturated rings. The summed E-state index contributed by atoms with van der Waals surface area (Å²) in [6.45, 7) is 3.75. The van der Waals surface area contributed by atoms with Gasteiger partial charge in [0.25, 0.3) is 0 Å². The molecule has 0 atom stereocenters. The third-order valence-electron chi connectivity index (χ3n) is 5.02. The number of unbranched alkanes of at least 4 members (excludes halogenated alkanes) is 1. The lowest BCUT2D eigenvalue weighted by atomic mass is 9.97. The van der Waals surface area contributed by atoms with E-state index in [9.17, 15) is 4.79 Å². The van der Waals surface area contributed by atoms with Crippen LogP contribution in [0.25, 0.3) is 11.0 Å². The van der Waals surface area contributed by atoms with Crippen LogP contribution >= 0.6 is 0 Å². The van der Waals surface area contributed by atoms with E-state index in [0.717, 1.165) is 53.4 Å².